The van der Waals surface area contributed by atoms with Crippen LogP contribution in [0.1, 0.15) is 54.4 Å². The van der Waals surface area contributed by atoms with Gasteiger partial charge in [-0.3, -0.25) is 9.59 Å². The van der Waals surface area contributed by atoms with E-state index in [1.165, 1.54) is 0 Å². The molecule has 0 bridgehead atoms. The van der Waals surface area contributed by atoms with E-state index in [2.05, 4.69) is 5.32 Å². The first-order chi connectivity index (χ1) is 15.0. The molecule has 0 aromatic heterocycles. The van der Waals surface area contributed by atoms with Crippen molar-refractivity contribution < 1.29 is 14.3 Å². The second kappa shape index (κ2) is 9.52. The van der Waals surface area contributed by atoms with E-state index in [1.807, 2.05) is 29.2 Å². The Morgan fingerprint density at radius 3 is 2.29 bits per heavy atom. The molecule has 0 saturated heterocycles. The van der Waals surface area contributed by atoms with Gasteiger partial charge in [-0.2, -0.15) is 0 Å². The number of methoxy groups -OCH3 is 1. The van der Waals surface area contributed by atoms with Crippen LogP contribution in [-0.4, -0.2) is 35.9 Å². The first kappa shape index (κ1) is 21.4. The molecule has 0 heterocycles. The molecule has 0 radical (unpaired) electrons. The molecule has 31 heavy (non-hydrogen) atoms. The Balaban J connectivity index is 1.42. The van der Waals surface area contributed by atoms with E-state index in [-0.39, 0.29) is 29.8 Å². The highest BCUT2D eigenvalue weighted by Crippen LogP contribution is 2.34. The Morgan fingerprint density at radius 1 is 1.00 bits per heavy atom. The maximum absolute atomic E-state index is 13.0. The van der Waals surface area contributed by atoms with Crippen LogP contribution in [-0.2, 0) is 11.3 Å². The lowest BCUT2D eigenvalue weighted by molar-refractivity contribution is -0.136. The summed E-state index contributed by atoms with van der Waals surface area (Å²) in [6, 6.07) is 14.9. The van der Waals surface area contributed by atoms with Crippen molar-refractivity contribution in [1.82, 2.24) is 4.90 Å². The van der Waals surface area contributed by atoms with Crippen LogP contribution >= 0.6 is 0 Å². The maximum Gasteiger partial charge on any atom is 0.255 e. The lowest BCUT2D eigenvalue weighted by atomic mass is 9.89. The smallest absolute Gasteiger partial charge is 0.255 e. The van der Waals surface area contributed by atoms with E-state index >= 15 is 0 Å². The summed E-state index contributed by atoms with van der Waals surface area (Å²) in [5.74, 6) is 0.967. The van der Waals surface area contributed by atoms with E-state index in [0.29, 0.717) is 17.9 Å². The maximum atomic E-state index is 13.0. The first-order valence-electron chi connectivity index (χ1n) is 11.2. The number of hydrogen-bond donors (Lipinski definition) is 2. The summed E-state index contributed by atoms with van der Waals surface area (Å²) in [4.78, 5) is 27.5. The zero-order chi connectivity index (χ0) is 21.8. The predicted molar refractivity (Wildman–Crippen MR) is 121 cm³/mol. The molecule has 6 heteroatoms. The number of ether oxygens (including phenoxy) is 1. The minimum Gasteiger partial charge on any atom is -0.497 e. The highest BCUT2D eigenvalue weighted by molar-refractivity contribution is 6.04. The average molecular weight is 422 g/mol. The zero-order valence-corrected chi connectivity index (χ0v) is 18.0. The zero-order valence-electron chi connectivity index (χ0n) is 18.0. The van der Waals surface area contributed by atoms with E-state index in [9.17, 15) is 9.59 Å². The third-order valence-electron chi connectivity index (χ3n) is 6.31. The third-order valence-corrected chi connectivity index (χ3v) is 6.31. The highest BCUT2D eigenvalue weighted by atomic mass is 16.5. The molecule has 2 aliphatic carbocycles. The quantitative estimate of drug-likeness (QED) is 0.709. The van der Waals surface area contributed by atoms with E-state index < -0.39 is 0 Å². The largest absolute Gasteiger partial charge is 0.497 e. The summed E-state index contributed by atoms with van der Waals surface area (Å²) in [6.07, 6.45) is 6.22. The highest BCUT2D eigenvalue weighted by Gasteiger charge is 2.38. The van der Waals surface area contributed by atoms with Crippen LogP contribution in [0.2, 0.25) is 0 Å². The second-order valence-corrected chi connectivity index (χ2v) is 8.64. The van der Waals surface area contributed by atoms with Crippen molar-refractivity contribution >= 4 is 17.5 Å². The number of benzene rings is 2. The number of rotatable bonds is 7. The molecule has 2 atom stereocenters. The second-order valence-electron chi connectivity index (χ2n) is 8.64. The summed E-state index contributed by atoms with van der Waals surface area (Å²) >= 11 is 0. The monoisotopic (exact) mass is 421 g/mol. The van der Waals surface area contributed by atoms with Gasteiger partial charge >= 0.3 is 0 Å². The SMILES string of the molecule is COc1ccc(C(=O)Nc2ccc(CN(C(=O)C3CC3)C3CCCCC3N)cc2)cc1. The fourth-order valence-corrected chi connectivity index (χ4v) is 4.29. The minimum absolute atomic E-state index is 0.0551. The Bertz CT molecular complexity index is 907. The van der Waals surface area contributed by atoms with Gasteiger partial charge in [0, 0.05) is 35.8 Å². The molecular weight excluding hydrogens is 390 g/mol. The summed E-state index contributed by atoms with van der Waals surface area (Å²) in [5.41, 5.74) is 8.73. The minimum atomic E-state index is -0.172. The number of carbonyl (C=O) groups is 2. The molecule has 2 saturated carbocycles. The molecule has 6 nitrogen and oxygen atoms in total. The van der Waals surface area contributed by atoms with Crippen molar-refractivity contribution in [2.75, 3.05) is 12.4 Å². The number of nitrogens with zero attached hydrogens (tertiary/aromatic N) is 1. The fraction of sp³-hybridized carbons (Fsp3) is 0.440. The average Bonchev–Trinajstić information content (AvgIpc) is 3.64. The lowest BCUT2D eigenvalue weighted by Gasteiger charge is -2.38. The van der Waals surface area contributed by atoms with Gasteiger partial charge in [0.2, 0.25) is 5.91 Å². The Hall–Kier alpha value is -2.86. The molecule has 2 fully saturated rings. The van der Waals surface area contributed by atoms with E-state index in [1.54, 1.807) is 31.4 Å². The van der Waals surface area contributed by atoms with Gasteiger partial charge in [-0.15, -0.1) is 0 Å². The summed E-state index contributed by atoms with van der Waals surface area (Å²) in [5, 5.41) is 2.92. The number of nitrogens with two attached hydrogens (primary N) is 1. The number of hydrogen-bond acceptors (Lipinski definition) is 4. The van der Waals surface area contributed by atoms with E-state index in [0.717, 1.165) is 49.8 Å². The van der Waals surface area contributed by atoms with Gasteiger partial charge in [0.05, 0.1) is 7.11 Å². The van der Waals surface area contributed by atoms with Crippen LogP contribution in [0.15, 0.2) is 48.5 Å². The van der Waals surface area contributed by atoms with Crippen molar-refractivity contribution in [2.24, 2.45) is 11.7 Å². The first-order valence-corrected chi connectivity index (χ1v) is 11.2. The van der Waals surface area contributed by atoms with Crippen LogP contribution < -0.4 is 15.8 Å². The molecule has 2 unspecified atom stereocenters. The number of carbonyl (C=O) groups excluding carboxylic acids is 2. The Kier molecular flexibility index (Phi) is 6.56. The van der Waals surface area contributed by atoms with Gasteiger partial charge in [0.25, 0.3) is 5.91 Å². The van der Waals surface area contributed by atoms with Gasteiger partial charge in [-0.25, -0.2) is 0 Å². The Labute approximate surface area is 183 Å². The molecule has 0 spiro atoms. The van der Waals surface area contributed by atoms with Crippen molar-refractivity contribution in [3.8, 4) is 5.75 Å². The molecule has 2 aromatic carbocycles. The van der Waals surface area contributed by atoms with Crippen LogP contribution in [0.5, 0.6) is 5.75 Å². The normalized spacial score (nSPS) is 20.7. The summed E-state index contributed by atoms with van der Waals surface area (Å²) in [6.45, 7) is 0.570. The van der Waals surface area contributed by atoms with Gasteiger partial charge in [-0.05, 0) is 67.6 Å². The summed E-state index contributed by atoms with van der Waals surface area (Å²) < 4.78 is 5.13. The Morgan fingerprint density at radius 2 is 1.68 bits per heavy atom. The number of nitrogens with one attached hydrogen (secondary N) is 1. The lowest BCUT2D eigenvalue weighted by Crippen LogP contribution is -2.52. The van der Waals surface area contributed by atoms with Gasteiger partial charge in [-0.1, -0.05) is 25.0 Å². The number of amides is 2. The molecule has 3 N–H and O–H groups in total. The standard InChI is InChI=1S/C25H31N3O3/c1-31-21-14-10-18(11-15-21)24(29)27-20-12-6-17(7-13-20)16-28(25(30)19-8-9-19)23-5-3-2-4-22(23)26/h6-7,10-15,19,22-23H,2-5,8-9,16,26H2,1H3,(H,27,29). The number of anilines is 1. The molecule has 2 amide bonds. The molecular formula is C25H31N3O3. The molecule has 0 aliphatic heterocycles. The van der Waals surface area contributed by atoms with Crippen molar-refractivity contribution in [3.63, 3.8) is 0 Å². The van der Waals surface area contributed by atoms with Crippen molar-refractivity contribution in [1.29, 1.82) is 0 Å². The third kappa shape index (κ3) is 5.25. The topological polar surface area (TPSA) is 84.7 Å². The van der Waals surface area contributed by atoms with Crippen molar-refractivity contribution in [3.05, 3.63) is 59.7 Å². The van der Waals surface area contributed by atoms with Crippen LogP contribution in [0.3, 0.4) is 0 Å². The summed E-state index contributed by atoms with van der Waals surface area (Å²) in [7, 11) is 1.60. The molecule has 2 aliphatic rings. The molecule has 4 rings (SSSR count). The van der Waals surface area contributed by atoms with Gasteiger partial charge < -0.3 is 20.7 Å². The van der Waals surface area contributed by atoms with Crippen LogP contribution in [0.4, 0.5) is 5.69 Å². The van der Waals surface area contributed by atoms with Crippen LogP contribution in [0, 0.1) is 5.92 Å². The predicted octanol–water partition coefficient (Wildman–Crippen LogP) is 3.96. The van der Waals surface area contributed by atoms with E-state index in [4.69, 9.17) is 10.5 Å². The van der Waals surface area contributed by atoms with Gasteiger partial charge in [0.15, 0.2) is 0 Å². The van der Waals surface area contributed by atoms with Crippen LogP contribution in [0.25, 0.3) is 0 Å². The van der Waals surface area contributed by atoms with Crippen molar-refractivity contribution in [2.45, 2.75) is 57.2 Å². The fourth-order valence-electron chi connectivity index (χ4n) is 4.29. The molecule has 2 aromatic rings. The van der Waals surface area contributed by atoms with Gasteiger partial charge in [0.1, 0.15) is 5.75 Å². The molecule has 164 valence electrons.